The number of ether oxygens (including phenoxy) is 1. The van der Waals surface area contributed by atoms with Gasteiger partial charge >= 0.3 is 0 Å². The summed E-state index contributed by atoms with van der Waals surface area (Å²) < 4.78 is 5.50. The molecule has 88 valence electrons. The Morgan fingerprint density at radius 3 is 2.80 bits per heavy atom. The van der Waals surface area contributed by atoms with Crippen LogP contribution in [0.3, 0.4) is 0 Å². The van der Waals surface area contributed by atoms with Gasteiger partial charge in [0.15, 0.2) is 0 Å². The van der Waals surface area contributed by atoms with Gasteiger partial charge in [-0.1, -0.05) is 0 Å². The molecule has 4 heteroatoms. The molecule has 1 amide bonds. The maximum absolute atomic E-state index is 11.8. The van der Waals surface area contributed by atoms with Crippen LogP contribution in [0.4, 0.5) is 0 Å². The third-order valence-electron chi connectivity index (χ3n) is 2.59. The Morgan fingerprint density at radius 1 is 1.60 bits per heavy atom. The lowest BCUT2D eigenvalue weighted by Gasteiger charge is -2.35. The Kier molecular flexibility index (Phi) is 4.11. The Labute approximate surface area is 91.2 Å². The Morgan fingerprint density at radius 2 is 2.27 bits per heavy atom. The highest BCUT2D eigenvalue weighted by atomic mass is 16.5. The first-order chi connectivity index (χ1) is 6.95. The van der Waals surface area contributed by atoms with Crippen LogP contribution in [-0.2, 0) is 9.53 Å². The van der Waals surface area contributed by atoms with E-state index in [-0.39, 0.29) is 12.0 Å². The van der Waals surface area contributed by atoms with Crippen molar-refractivity contribution in [2.45, 2.75) is 45.3 Å². The van der Waals surface area contributed by atoms with Crippen molar-refractivity contribution < 1.29 is 14.6 Å². The minimum absolute atomic E-state index is 0.134. The van der Waals surface area contributed by atoms with Gasteiger partial charge in [0.2, 0.25) is 0 Å². The molecular formula is C11H21NO3. The molecular weight excluding hydrogens is 194 g/mol. The Hall–Kier alpha value is -0.610. The maximum Gasteiger partial charge on any atom is 0.254 e. The smallest absolute Gasteiger partial charge is 0.254 e. The van der Waals surface area contributed by atoms with Crippen LogP contribution in [0, 0.1) is 0 Å². The van der Waals surface area contributed by atoms with E-state index in [0.717, 1.165) is 19.4 Å². The fourth-order valence-corrected chi connectivity index (χ4v) is 1.88. The minimum Gasteiger partial charge on any atom is -0.381 e. The van der Waals surface area contributed by atoms with Crippen molar-refractivity contribution in [1.82, 2.24) is 4.90 Å². The molecule has 1 N–H and O–H groups in total. The average molecular weight is 215 g/mol. The summed E-state index contributed by atoms with van der Waals surface area (Å²) in [5, 5.41) is 9.62. The van der Waals surface area contributed by atoms with Gasteiger partial charge in [-0.15, -0.1) is 0 Å². The Bertz CT molecular complexity index is 220. The van der Waals surface area contributed by atoms with Gasteiger partial charge < -0.3 is 14.7 Å². The van der Waals surface area contributed by atoms with Crippen LogP contribution in [0.1, 0.15) is 33.6 Å². The summed E-state index contributed by atoms with van der Waals surface area (Å²) in [5.41, 5.74) is -1.27. The van der Waals surface area contributed by atoms with E-state index in [4.69, 9.17) is 4.74 Å². The average Bonchev–Trinajstić information content (AvgIpc) is 2.16. The molecule has 1 heterocycles. The number of carbonyl (C=O) groups excluding carboxylic acids is 1. The molecule has 0 radical (unpaired) electrons. The molecule has 1 rings (SSSR count). The van der Waals surface area contributed by atoms with Crippen molar-refractivity contribution in [3.05, 3.63) is 0 Å². The zero-order valence-corrected chi connectivity index (χ0v) is 9.82. The molecule has 0 spiro atoms. The molecule has 1 fully saturated rings. The quantitative estimate of drug-likeness (QED) is 0.757. The largest absolute Gasteiger partial charge is 0.381 e. The molecule has 0 bridgehead atoms. The first-order valence-corrected chi connectivity index (χ1v) is 5.58. The number of likely N-dealkylation sites (tertiary alicyclic amines) is 1. The monoisotopic (exact) mass is 215 g/mol. The topological polar surface area (TPSA) is 49.8 Å². The SMILES string of the molecule is CCOC1CCCN(C(=O)C(C)(C)O)C1. The highest BCUT2D eigenvalue weighted by Crippen LogP contribution is 2.17. The number of rotatable bonds is 3. The third-order valence-corrected chi connectivity index (χ3v) is 2.59. The zero-order valence-electron chi connectivity index (χ0n) is 9.82. The molecule has 4 nitrogen and oxygen atoms in total. The van der Waals surface area contributed by atoms with Crippen LogP contribution in [-0.4, -0.2) is 47.3 Å². The van der Waals surface area contributed by atoms with E-state index < -0.39 is 5.60 Å². The van der Waals surface area contributed by atoms with Gasteiger partial charge in [0, 0.05) is 19.7 Å². The number of aliphatic hydroxyl groups is 1. The molecule has 1 aliphatic rings. The second-order valence-corrected chi connectivity index (χ2v) is 4.53. The summed E-state index contributed by atoms with van der Waals surface area (Å²) in [6.07, 6.45) is 2.09. The van der Waals surface area contributed by atoms with Crippen molar-refractivity contribution in [2.24, 2.45) is 0 Å². The highest BCUT2D eigenvalue weighted by molar-refractivity contribution is 5.84. The van der Waals surface area contributed by atoms with Crippen LogP contribution in [0.2, 0.25) is 0 Å². The molecule has 1 saturated heterocycles. The second-order valence-electron chi connectivity index (χ2n) is 4.53. The lowest BCUT2D eigenvalue weighted by molar-refractivity contribution is -0.151. The van der Waals surface area contributed by atoms with Crippen molar-refractivity contribution in [1.29, 1.82) is 0 Å². The Balaban J connectivity index is 2.52. The summed E-state index contributed by atoms with van der Waals surface area (Å²) in [6, 6.07) is 0. The fraction of sp³-hybridized carbons (Fsp3) is 0.909. The predicted molar refractivity (Wildman–Crippen MR) is 57.5 cm³/mol. The van der Waals surface area contributed by atoms with E-state index in [1.54, 1.807) is 4.90 Å². The fourth-order valence-electron chi connectivity index (χ4n) is 1.88. The van der Waals surface area contributed by atoms with Crippen LogP contribution < -0.4 is 0 Å². The molecule has 0 aliphatic carbocycles. The van der Waals surface area contributed by atoms with Gasteiger partial charge in [0.1, 0.15) is 5.60 Å². The number of carbonyl (C=O) groups is 1. The molecule has 1 unspecified atom stereocenters. The van der Waals surface area contributed by atoms with Gasteiger partial charge in [-0.25, -0.2) is 0 Å². The summed E-state index contributed by atoms with van der Waals surface area (Å²) >= 11 is 0. The molecule has 0 aromatic heterocycles. The van der Waals surface area contributed by atoms with E-state index in [2.05, 4.69) is 0 Å². The lowest BCUT2D eigenvalue weighted by atomic mass is 10.0. The highest BCUT2D eigenvalue weighted by Gasteiger charge is 2.32. The number of hydrogen-bond donors (Lipinski definition) is 1. The van der Waals surface area contributed by atoms with Crippen LogP contribution in [0.15, 0.2) is 0 Å². The minimum atomic E-state index is -1.27. The number of nitrogens with zero attached hydrogens (tertiary/aromatic N) is 1. The maximum atomic E-state index is 11.8. The standard InChI is InChI=1S/C11H21NO3/c1-4-15-9-6-5-7-12(8-9)10(13)11(2,3)14/h9,14H,4-8H2,1-3H3. The van der Waals surface area contributed by atoms with E-state index in [1.807, 2.05) is 6.92 Å². The molecule has 0 aromatic rings. The van der Waals surface area contributed by atoms with Gasteiger partial charge in [-0.3, -0.25) is 4.79 Å². The van der Waals surface area contributed by atoms with Crippen molar-refractivity contribution in [3.8, 4) is 0 Å². The normalized spacial score (nSPS) is 22.9. The number of piperidine rings is 1. The first kappa shape index (κ1) is 12.5. The van der Waals surface area contributed by atoms with E-state index in [9.17, 15) is 9.90 Å². The van der Waals surface area contributed by atoms with Gasteiger partial charge in [-0.05, 0) is 33.6 Å². The van der Waals surface area contributed by atoms with Crippen LogP contribution >= 0.6 is 0 Å². The third kappa shape index (κ3) is 3.47. The first-order valence-electron chi connectivity index (χ1n) is 5.58. The van der Waals surface area contributed by atoms with Gasteiger partial charge in [-0.2, -0.15) is 0 Å². The van der Waals surface area contributed by atoms with Crippen LogP contribution in [0.5, 0.6) is 0 Å². The summed E-state index contributed by atoms with van der Waals surface area (Å²) in [4.78, 5) is 13.5. The van der Waals surface area contributed by atoms with E-state index in [0.29, 0.717) is 13.2 Å². The number of hydrogen-bond acceptors (Lipinski definition) is 3. The summed E-state index contributed by atoms with van der Waals surface area (Å²) in [6.45, 7) is 7.02. The molecule has 0 aromatic carbocycles. The van der Waals surface area contributed by atoms with Gasteiger partial charge in [0.05, 0.1) is 6.10 Å². The van der Waals surface area contributed by atoms with Crippen molar-refractivity contribution >= 4 is 5.91 Å². The van der Waals surface area contributed by atoms with E-state index in [1.165, 1.54) is 13.8 Å². The van der Waals surface area contributed by atoms with E-state index >= 15 is 0 Å². The predicted octanol–water partition coefficient (Wildman–Crippen LogP) is 0.785. The van der Waals surface area contributed by atoms with Crippen molar-refractivity contribution in [2.75, 3.05) is 19.7 Å². The second kappa shape index (κ2) is 4.94. The molecule has 15 heavy (non-hydrogen) atoms. The molecule has 1 aliphatic heterocycles. The van der Waals surface area contributed by atoms with Gasteiger partial charge in [0.25, 0.3) is 5.91 Å². The van der Waals surface area contributed by atoms with Crippen LogP contribution in [0.25, 0.3) is 0 Å². The molecule has 1 atom stereocenters. The summed E-state index contributed by atoms with van der Waals surface area (Å²) in [7, 11) is 0. The lowest BCUT2D eigenvalue weighted by Crippen LogP contribution is -2.50. The number of amides is 1. The zero-order chi connectivity index (χ0) is 11.5. The summed E-state index contributed by atoms with van der Waals surface area (Å²) in [5.74, 6) is -0.202. The van der Waals surface area contributed by atoms with Crippen molar-refractivity contribution in [3.63, 3.8) is 0 Å². The molecule has 0 saturated carbocycles.